The molecule has 0 unspecified atom stereocenters. The predicted molar refractivity (Wildman–Crippen MR) is 82.2 cm³/mol. The fraction of sp³-hybridized carbons (Fsp3) is 0.0769. The molecule has 0 fully saturated rings. The van der Waals surface area contributed by atoms with Crippen LogP contribution in [-0.4, -0.2) is 14.7 Å². The number of anilines is 1. The third-order valence-electron chi connectivity index (χ3n) is 2.46. The monoisotopic (exact) mass is 357 g/mol. The van der Waals surface area contributed by atoms with E-state index in [0.29, 0.717) is 10.6 Å². The zero-order chi connectivity index (χ0) is 14.0. The lowest BCUT2D eigenvalue weighted by atomic mass is 10.3. The zero-order valence-corrected chi connectivity index (χ0v) is 13.3. The van der Waals surface area contributed by atoms with Crippen LogP contribution in [0.2, 0.25) is 0 Å². The number of nitrogen functional groups attached to an aromatic ring is 1. The summed E-state index contributed by atoms with van der Waals surface area (Å²) in [5, 5.41) is 0. The van der Waals surface area contributed by atoms with Gasteiger partial charge in [-0.15, -0.1) is 0 Å². The zero-order valence-electron chi connectivity index (χ0n) is 10.1. The number of rotatable bonds is 3. The molecule has 2 rings (SSSR count). The van der Waals surface area contributed by atoms with Crippen molar-refractivity contribution in [2.45, 2.75) is 14.7 Å². The third-order valence-corrected chi connectivity index (χ3v) is 5.16. The van der Waals surface area contributed by atoms with Gasteiger partial charge in [-0.2, -0.15) is 0 Å². The van der Waals surface area contributed by atoms with Crippen molar-refractivity contribution in [2.24, 2.45) is 0 Å². The Morgan fingerprint density at radius 3 is 2.32 bits per heavy atom. The van der Waals surface area contributed by atoms with Crippen LogP contribution in [0.1, 0.15) is 0 Å². The number of hydrogen-bond acceptors (Lipinski definition) is 4. The molecule has 0 saturated carbocycles. The average Bonchev–Trinajstić information content (AvgIpc) is 2.33. The van der Waals surface area contributed by atoms with Crippen molar-refractivity contribution in [1.29, 1.82) is 0 Å². The molecule has 19 heavy (non-hydrogen) atoms. The van der Waals surface area contributed by atoms with Gasteiger partial charge >= 0.3 is 0 Å². The first kappa shape index (κ1) is 14.4. The Morgan fingerprint density at radius 1 is 1.11 bits per heavy atom. The maximum Gasteiger partial charge on any atom is 0.175 e. The van der Waals surface area contributed by atoms with Crippen LogP contribution in [0.25, 0.3) is 0 Å². The Kier molecular flexibility index (Phi) is 4.23. The van der Waals surface area contributed by atoms with Crippen molar-refractivity contribution >= 4 is 43.2 Å². The van der Waals surface area contributed by atoms with Gasteiger partial charge in [0, 0.05) is 26.2 Å². The lowest BCUT2D eigenvalue weighted by molar-refractivity contribution is 0.602. The van der Waals surface area contributed by atoms with Crippen molar-refractivity contribution in [3.63, 3.8) is 0 Å². The molecule has 0 aromatic heterocycles. The van der Waals surface area contributed by atoms with Crippen LogP contribution in [0.4, 0.5) is 5.69 Å². The van der Waals surface area contributed by atoms with Crippen molar-refractivity contribution in [3.05, 3.63) is 46.9 Å². The summed E-state index contributed by atoms with van der Waals surface area (Å²) in [7, 11) is -3.15. The Hall–Kier alpha value is -0.980. The second-order valence-corrected chi connectivity index (χ2v) is 8.07. The van der Waals surface area contributed by atoms with Gasteiger partial charge in [-0.05, 0) is 42.5 Å². The minimum Gasteiger partial charge on any atom is -0.398 e. The van der Waals surface area contributed by atoms with E-state index < -0.39 is 9.84 Å². The van der Waals surface area contributed by atoms with Crippen LogP contribution in [0, 0.1) is 0 Å². The van der Waals surface area contributed by atoms with Crippen molar-refractivity contribution in [2.75, 3.05) is 12.0 Å². The minimum atomic E-state index is -3.15. The molecule has 3 nitrogen and oxygen atoms in total. The molecule has 0 amide bonds. The lowest BCUT2D eigenvalue weighted by Crippen LogP contribution is -1.96. The summed E-state index contributed by atoms with van der Waals surface area (Å²) in [6, 6.07) is 12.4. The van der Waals surface area contributed by atoms with E-state index in [1.807, 2.05) is 18.2 Å². The van der Waals surface area contributed by atoms with Crippen LogP contribution < -0.4 is 5.73 Å². The molecule has 0 aliphatic carbocycles. The predicted octanol–water partition coefficient (Wildman–Crippen LogP) is 3.59. The lowest BCUT2D eigenvalue weighted by Gasteiger charge is -2.06. The summed E-state index contributed by atoms with van der Waals surface area (Å²) >= 11 is 4.90. The highest BCUT2D eigenvalue weighted by Gasteiger charge is 2.07. The van der Waals surface area contributed by atoms with Crippen LogP contribution >= 0.6 is 27.7 Å². The topological polar surface area (TPSA) is 60.2 Å². The molecule has 6 heteroatoms. The Bertz CT molecular complexity index is 697. The van der Waals surface area contributed by atoms with Gasteiger partial charge in [-0.25, -0.2) is 8.42 Å². The number of nitrogens with two attached hydrogens (primary N) is 1. The largest absolute Gasteiger partial charge is 0.398 e. The van der Waals surface area contributed by atoms with Crippen molar-refractivity contribution in [1.82, 2.24) is 0 Å². The van der Waals surface area contributed by atoms with Gasteiger partial charge in [0.25, 0.3) is 0 Å². The maximum absolute atomic E-state index is 11.4. The standard InChI is InChI=1S/C13H12BrNO2S2/c1-19(16,17)11-5-3-10(4-6-11)18-13-8-9(14)2-7-12(13)15/h2-8H,15H2,1H3. The van der Waals surface area contributed by atoms with E-state index in [-0.39, 0.29) is 0 Å². The van der Waals surface area contributed by atoms with Crippen LogP contribution in [0.5, 0.6) is 0 Å². The van der Waals surface area contributed by atoms with E-state index in [0.717, 1.165) is 14.3 Å². The molecule has 0 aliphatic rings. The SMILES string of the molecule is CS(=O)(=O)c1ccc(Sc2cc(Br)ccc2N)cc1. The molecule has 0 atom stereocenters. The number of hydrogen-bond donors (Lipinski definition) is 1. The molecule has 0 aliphatic heterocycles. The molecular formula is C13H12BrNO2S2. The number of halogens is 1. The molecule has 2 aromatic rings. The van der Waals surface area contributed by atoms with Crippen LogP contribution in [0.15, 0.2) is 61.6 Å². The third kappa shape index (κ3) is 3.75. The Balaban J connectivity index is 2.27. The molecular weight excluding hydrogens is 346 g/mol. The second kappa shape index (κ2) is 5.56. The smallest absolute Gasteiger partial charge is 0.175 e. The molecule has 100 valence electrons. The fourth-order valence-corrected chi connectivity index (χ4v) is 3.52. The summed E-state index contributed by atoms with van der Waals surface area (Å²) < 4.78 is 23.7. The Morgan fingerprint density at radius 2 is 1.74 bits per heavy atom. The van der Waals surface area contributed by atoms with Gasteiger partial charge in [0.1, 0.15) is 0 Å². The van der Waals surface area contributed by atoms with E-state index in [1.165, 1.54) is 18.0 Å². The van der Waals surface area contributed by atoms with E-state index in [4.69, 9.17) is 5.73 Å². The number of sulfone groups is 1. The highest BCUT2D eigenvalue weighted by atomic mass is 79.9. The normalized spacial score (nSPS) is 11.5. The summed E-state index contributed by atoms with van der Waals surface area (Å²) in [5.74, 6) is 0. The molecule has 0 spiro atoms. The molecule has 0 radical (unpaired) electrons. The fourth-order valence-electron chi connectivity index (χ4n) is 1.48. The Labute approximate surface area is 125 Å². The van der Waals surface area contributed by atoms with Crippen LogP contribution in [-0.2, 0) is 9.84 Å². The summed E-state index contributed by atoms with van der Waals surface area (Å²) in [5.41, 5.74) is 6.59. The number of benzene rings is 2. The highest BCUT2D eigenvalue weighted by Crippen LogP contribution is 2.34. The first-order chi connectivity index (χ1) is 8.86. The summed E-state index contributed by atoms with van der Waals surface area (Å²) in [4.78, 5) is 2.19. The summed E-state index contributed by atoms with van der Waals surface area (Å²) in [6.45, 7) is 0. The van der Waals surface area contributed by atoms with E-state index >= 15 is 0 Å². The molecule has 2 aromatic carbocycles. The minimum absolute atomic E-state index is 0.319. The van der Waals surface area contributed by atoms with Gasteiger partial charge in [-0.3, -0.25) is 0 Å². The van der Waals surface area contributed by atoms with Gasteiger partial charge in [0.2, 0.25) is 0 Å². The van der Waals surface area contributed by atoms with E-state index in [1.54, 1.807) is 24.3 Å². The van der Waals surface area contributed by atoms with Gasteiger partial charge < -0.3 is 5.73 Å². The first-order valence-corrected chi connectivity index (χ1v) is 8.89. The van der Waals surface area contributed by atoms with Crippen LogP contribution in [0.3, 0.4) is 0 Å². The van der Waals surface area contributed by atoms with Gasteiger partial charge in [0.15, 0.2) is 9.84 Å². The van der Waals surface area contributed by atoms with E-state index in [9.17, 15) is 8.42 Å². The molecule has 0 saturated heterocycles. The quantitative estimate of drug-likeness (QED) is 0.852. The highest BCUT2D eigenvalue weighted by molar-refractivity contribution is 9.10. The molecule has 2 N–H and O–H groups in total. The maximum atomic E-state index is 11.4. The van der Waals surface area contributed by atoms with Crippen molar-refractivity contribution < 1.29 is 8.42 Å². The first-order valence-electron chi connectivity index (χ1n) is 5.39. The molecule has 0 bridgehead atoms. The second-order valence-electron chi connectivity index (χ2n) is 4.03. The average molecular weight is 358 g/mol. The summed E-state index contributed by atoms with van der Waals surface area (Å²) in [6.07, 6.45) is 1.20. The molecule has 0 heterocycles. The van der Waals surface area contributed by atoms with Gasteiger partial charge in [0.05, 0.1) is 4.90 Å². The van der Waals surface area contributed by atoms with E-state index in [2.05, 4.69) is 15.9 Å². The van der Waals surface area contributed by atoms with Crippen molar-refractivity contribution in [3.8, 4) is 0 Å². The van der Waals surface area contributed by atoms with Gasteiger partial charge in [-0.1, -0.05) is 27.7 Å².